The number of nitrogens with zero attached hydrogens (tertiary/aromatic N) is 2. The van der Waals surface area contributed by atoms with Gasteiger partial charge in [0.2, 0.25) is 0 Å². The van der Waals surface area contributed by atoms with Gasteiger partial charge >= 0.3 is 0 Å². The molecular weight excluding hydrogens is 221 g/mol. The fourth-order valence-electron chi connectivity index (χ4n) is 2.06. The molecule has 1 aliphatic rings. The van der Waals surface area contributed by atoms with Gasteiger partial charge in [0.15, 0.2) is 0 Å². The first-order chi connectivity index (χ1) is 8.20. The van der Waals surface area contributed by atoms with Gasteiger partial charge in [0, 0.05) is 32.7 Å². The highest BCUT2D eigenvalue weighted by Gasteiger charge is 2.17. The zero-order valence-corrected chi connectivity index (χ0v) is 9.99. The monoisotopic (exact) mass is 239 g/mol. The molecule has 4 nitrogen and oxygen atoms in total. The molecule has 2 rings (SSSR count). The predicted molar refractivity (Wildman–Crippen MR) is 64.7 cm³/mol. The Hall–Kier alpha value is -1.17. The van der Waals surface area contributed by atoms with Crippen molar-refractivity contribution in [1.82, 2.24) is 10.4 Å². The Morgan fingerprint density at radius 2 is 2.00 bits per heavy atom. The van der Waals surface area contributed by atoms with Crippen LogP contribution in [0.2, 0.25) is 0 Å². The Morgan fingerprint density at radius 1 is 1.29 bits per heavy atom. The molecule has 94 valence electrons. The van der Waals surface area contributed by atoms with Crippen LogP contribution in [0, 0.1) is 5.82 Å². The maximum atomic E-state index is 13.9. The molecule has 0 unspecified atom stereocenters. The Morgan fingerprint density at radius 3 is 2.59 bits per heavy atom. The van der Waals surface area contributed by atoms with E-state index < -0.39 is 0 Å². The van der Waals surface area contributed by atoms with Crippen LogP contribution >= 0.6 is 0 Å². The molecule has 0 saturated carbocycles. The van der Waals surface area contributed by atoms with Gasteiger partial charge in [0.25, 0.3) is 0 Å². The van der Waals surface area contributed by atoms with E-state index in [9.17, 15) is 4.39 Å². The minimum Gasteiger partial charge on any atom is -0.367 e. The van der Waals surface area contributed by atoms with Crippen molar-refractivity contribution in [2.24, 2.45) is 0 Å². The molecule has 0 aromatic heterocycles. The Bertz CT molecular complexity index is 378. The summed E-state index contributed by atoms with van der Waals surface area (Å²) in [5, 5.41) is 8.57. The third-order valence-electron chi connectivity index (χ3n) is 3.14. The lowest BCUT2D eigenvalue weighted by Gasteiger charge is -2.34. The second kappa shape index (κ2) is 5.44. The van der Waals surface area contributed by atoms with Crippen molar-refractivity contribution in [1.29, 1.82) is 0 Å². The van der Waals surface area contributed by atoms with Gasteiger partial charge in [0.05, 0.1) is 5.69 Å². The van der Waals surface area contributed by atoms with E-state index in [1.165, 1.54) is 6.07 Å². The molecular formula is C12H18FN3O. The molecule has 1 aliphatic heterocycles. The summed E-state index contributed by atoms with van der Waals surface area (Å²) in [7, 11) is 2.07. The van der Waals surface area contributed by atoms with E-state index in [-0.39, 0.29) is 12.4 Å². The minimum absolute atomic E-state index is 0.220. The summed E-state index contributed by atoms with van der Waals surface area (Å²) in [6.45, 7) is 3.88. The summed E-state index contributed by atoms with van der Waals surface area (Å²) in [5.41, 5.74) is 3.42. The van der Waals surface area contributed by atoms with Crippen LogP contribution < -0.4 is 10.4 Å². The van der Waals surface area contributed by atoms with Crippen molar-refractivity contribution in [2.45, 2.75) is 6.54 Å². The molecule has 0 atom stereocenters. The minimum atomic E-state index is -0.220. The van der Waals surface area contributed by atoms with E-state index in [1.807, 2.05) is 11.5 Å². The Balaban J connectivity index is 2.10. The fourth-order valence-corrected chi connectivity index (χ4v) is 2.06. The van der Waals surface area contributed by atoms with E-state index in [0.29, 0.717) is 5.69 Å². The maximum absolute atomic E-state index is 13.9. The highest BCUT2D eigenvalue weighted by Crippen LogP contribution is 2.21. The molecule has 0 bridgehead atoms. The summed E-state index contributed by atoms with van der Waals surface area (Å²) in [5.74, 6) is -0.220. The van der Waals surface area contributed by atoms with Crippen LogP contribution in [0.25, 0.3) is 0 Å². The van der Waals surface area contributed by atoms with Crippen molar-refractivity contribution >= 4 is 5.69 Å². The highest BCUT2D eigenvalue weighted by atomic mass is 19.1. The van der Waals surface area contributed by atoms with Crippen LogP contribution in [0.15, 0.2) is 18.2 Å². The second-order valence-corrected chi connectivity index (χ2v) is 4.41. The number of hydrogen-bond donors (Lipinski definition) is 2. The molecule has 1 aromatic carbocycles. The molecule has 0 amide bonds. The molecule has 2 N–H and O–H groups in total. The van der Waals surface area contributed by atoms with Gasteiger partial charge in [-0.3, -0.25) is 0 Å². The normalized spacial score (nSPS) is 17.5. The van der Waals surface area contributed by atoms with E-state index in [2.05, 4.69) is 16.8 Å². The number of anilines is 1. The lowest BCUT2D eigenvalue weighted by Crippen LogP contribution is -2.44. The van der Waals surface area contributed by atoms with E-state index in [1.54, 1.807) is 6.07 Å². The molecule has 0 radical (unpaired) electrons. The smallest absolute Gasteiger partial charge is 0.146 e. The molecule has 0 spiro atoms. The SMILES string of the molecule is CN1CCN(c2ccc(CNO)cc2F)CC1. The van der Waals surface area contributed by atoms with E-state index in [0.717, 1.165) is 31.7 Å². The second-order valence-electron chi connectivity index (χ2n) is 4.41. The number of benzene rings is 1. The van der Waals surface area contributed by atoms with Gasteiger partial charge in [-0.15, -0.1) is 0 Å². The number of nitrogens with one attached hydrogen (secondary N) is 1. The summed E-state index contributed by atoms with van der Waals surface area (Å²) < 4.78 is 13.9. The van der Waals surface area contributed by atoms with Crippen molar-refractivity contribution < 1.29 is 9.60 Å². The molecule has 1 heterocycles. The first kappa shape index (κ1) is 12.3. The van der Waals surface area contributed by atoms with Crippen LogP contribution in [0.1, 0.15) is 5.56 Å². The van der Waals surface area contributed by atoms with Gasteiger partial charge in [-0.25, -0.2) is 9.87 Å². The summed E-state index contributed by atoms with van der Waals surface area (Å²) >= 11 is 0. The van der Waals surface area contributed by atoms with Crippen LogP contribution in [-0.4, -0.2) is 43.3 Å². The van der Waals surface area contributed by atoms with Gasteiger partial charge in [-0.05, 0) is 24.7 Å². The van der Waals surface area contributed by atoms with Gasteiger partial charge < -0.3 is 15.0 Å². The Labute approximate surface area is 101 Å². The highest BCUT2D eigenvalue weighted by molar-refractivity contribution is 5.49. The fraction of sp³-hybridized carbons (Fsp3) is 0.500. The standard InChI is InChI=1S/C12H18FN3O/c1-15-4-6-16(7-5-15)12-3-2-10(9-14-17)8-11(12)13/h2-3,8,14,17H,4-7,9H2,1H3. The third-order valence-corrected chi connectivity index (χ3v) is 3.14. The summed E-state index contributed by atoms with van der Waals surface area (Å²) in [4.78, 5) is 4.30. The van der Waals surface area contributed by atoms with Crippen molar-refractivity contribution in [3.05, 3.63) is 29.6 Å². The van der Waals surface area contributed by atoms with E-state index in [4.69, 9.17) is 5.21 Å². The third kappa shape index (κ3) is 2.94. The average Bonchev–Trinajstić information content (AvgIpc) is 2.31. The predicted octanol–water partition coefficient (Wildman–Crippen LogP) is 1.06. The van der Waals surface area contributed by atoms with Gasteiger partial charge in [-0.1, -0.05) is 6.07 Å². The number of hydrogen-bond acceptors (Lipinski definition) is 4. The molecule has 0 aliphatic carbocycles. The summed E-state index contributed by atoms with van der Waals surface area (Å²) in [6.07, 6.45) is 0. The Kier molecular flexibility index (Phi) is 3.93. The van der Waals surface area contributed by atoms with Gasteiger partial charge in [0.1, 0.15) is 5.82 Å². The maximum Gasteiger partial charge on any atom is 0.146 e. The molecule has 1 fully saturated rings. The van der Waals surface area contributed by atoms with Crippen molar-refractivity contribution in [3.63, 3.8) is 0 Å². The zero-order chi connectivity index (χ0) is 12.3. The van der Waals surface area contributed by atoms with Crippen molar-refractivity contribution in [2.75, 3.05) is 38.1 Å². The number of halogens is 1. The van der Waals surface area contributed by atoms with Crippen LogP contribution in [0.3, 0.4) is 0 Å². The summed E-state index contributed by atoms with van der Waals surface area (Å²) in [6, 6.07) is 5.09. The van der Waals surface area contributed by atoms with Gasteiger partial charge in [-0.2, -0.15) is 0 Å². The number of hydroxylamine groups is 1. The average molecular weight is 239 g/mol. The first-order valence-electron chi connectivity index (χ1n) is 5.79. The van der Waals surface area contributed by atoms with Crippen molar-refractivity contribution in [3.8, 4) is 0 Å². The molecule has 1 aromatic rings. The van der Waals surface area contributed by atoms with Crippen LogP contribution in [-0.2, 0) is 6.54 Å². The molecule has 5 heteroatoms. The first-order valence-corrected chi connectivity index (χ1v) is 5.79. The zero-order valence-electron chi connectivity index (χ0n) is 9.99. The lowest BCUT2D eigenvalue weighted by atomic mass is 10.1. The largest absolute Gasteiger partial charge is 0.367 e. The number of piperazine rings is 1. The number of rotatable bonds is 3. The lowest BCUT2D eigenvalue weighted by molar-refractivity contribution is 0.161. The van der Waals surface area contributed by atoms with Crippen LogP contribution in [0.4, 0.5) is 10.1 Å². The topological polar surface area (TPSA) is 38.7 Å². The van der Waals surface area contributed by atoms with Crippen LogP contribution in [0.5, 0.6) is 0 Å². The molecule has 17 heavy (non-hydrogen) atoms. The molecule has 1 saturated heterocycles. The quantitative estimate of drug-likeness (QED) is 0.774. The number of likely N-dealkylation sites (N-methyl/N-ethyl adjacent to an activating group) is 1. The van der Waals surface area contributed by atoms with E-state index >= 15 is 0 Å².